The van der Waals surface area contributed by atoms with Gasteiger partial charge in [-0.1, -0.05) is 41.5 Å². The zero-order valence-corrected chi connectivity index (χ0v) is 34.5. The zero-order valence-electron chi connectivity index (χ0n) is 34.5. The van der Waals surface area contributed by atoms with Gasteiger partial charge in [-0.2, -0.15) is 0 Å². The summed E-state index contributed by atoms with van der Waals surface area (Å²) in [4.78, 5) is 24.2. The number of benzene rings is 4. The van der Waals surface area contributed by atoms with Crippen LogP contribution in [-0.2, 0) is 33.4 Å². The van der Waals surface area contributed by atoms with Gasteiger partial charge in [0.05, 0.1) is 22.5 Å². The SMILES string of the molecule is COCOc1c(NCc2cc(C(=O)O)cc(C(C)(C)C)c2O)cc(C)c(C)c1-c1c(C)c(C)cc(NCc2cc(C(=O)O)cc(C(C)(C)C)c2O)c1OCOC. The molecule has 0 fully saturated rings. The first-order valence-corrected chi connectivity index (χ1v) is 18.3. The van der Waals surface area contributed by atoms with E-state index in [9.17, 15) is 30.0 Å². The fourth-order valence-corrected chi connectivity index (χ4v) is 6.62. The second-order valence-corrected chi connectivity index (χ2v) is 16.1. The molecule has 0 aliphatic carbocycles. The van der Waals surface area contributed by atoms with E-state index in [4.69, 9.17) is 18.9 Å². The largest absolute Gasteiger partial charge is 0.507 e. The summed E-state index contributed by atoms with van der Waals surface area (Å²) >= 11 is 0. The maximum Gasteiger partial charge on any atom is 0.335 e. The number of aromatic carboxylic acids is 2. The van der Waals surface area contributed by atoms with Crippen LogP contribution >= 0.6 is 0 Å². The van der Waals surface area contributed by atoms with E-state index in [1.54, 1.807) is 0 Å². The van der Waals surface area contributed by atoms with E-state index in [1.807, 2.05) is 81.4 Å². The number of ether oxygens (including phenoxy) is 4. The fourth-order valence-electron chi connectivity index (χ4n) is 6.62. The number of aromatic hydroxyl groups is 2. The van der Waals surface area contributed by atoms with Gasteiger partial charge in [0.2, 0.25) is 0 Å². The van der Waals surface area contributed by atoms with Crippen LogP contribution in [0.25, 0.3) is 11.1 Å². The minimum atomic E-state index is -1.10. The molecule has 12 heteroatoms. The van der Waals surface area contributed by atoms with Crippen LogP contribution in [0.2, 0.25) is 0 Å². The number of carboxylic acid groups (broad SMARTS) is 2. The Morgan fingerprint density at radius 3 is 1.21 bits per heavy atom. The minimum Gasteiger partial charge on any atom is -0.507 e. The molecule has 0 amide bonds. The lowest BCUT2D eigenvalue weighted by Crippen LogP contribution is -2.15. The maximum absolute atomic E-state index is 12.1. The van der Waals surface area contributed by atoms with Crippen molar-refractivity contribution >= 4 is 23.3 Å². The van der Waals surface area contributed by atoms with Gasteiger partial charge in [0.1, 0.15) is 11.5 Å². The van der Waals surface area contributed by atoms with Crippen molar-refractivity contribution < 1.29 is 49.0 Å². The van der Waals surface area contributed by atoms with Crippen LogP contribution < -0.4 is 20.1 Å². The molecule has 0 aromatic heterocycles. The molecule has 6 N–H and O–H groups in total. The van der Waals surface area contributed by atoms with Gasteiger partial charge < -0.3 is 50.0 Å². The molecule has 0 bridgehead atoms. The van der Waals surface area contributed by atoms with Crippen molar-refractivity contribution in [1.29, 1.82) is 0 Å². The molecule has 0 saturated heterocycles. The normalized spacial score (nSPS) is 11.7. The highest BCUT2D eigenvalue weighted by Gasteiger charge is 2.28. The number of hydrogen-bond donors (Lipinski definition) is 6. The van der Waals surface area contributed by atoms with Crippen LogP contribution in [0.4, 0.5) is 11.4 Å². The Bertz CT molecular complexity index is 1980. The molecule has 0 saturated carbocycles. The van der Waals surface area contributed by atoms with Gasteiger partial charge in [-0.15, -0.1) is 0 Å². The molecule has 0 heterocycles. The summed E-state index contributed by atoms with van der Waals surface area (Å²) in [5.41, 5.74) is 7.02. The first-order chi connectivity index (χ1) is 26.1. The predicted octanol–water partition coefficient (Wildman–Crippen LogP) is 9.18. The molecule has 0 aliphatic rings. The van der Waals surface area contributed by atoms with Crippen LogP contribution in [0.5, 0.6) is 23.0 Å². The van der Waals surface area contributed by atoms with Gasteiger partial charge in [0.25, 0.3) is 0 Å². The van der Waals surface area contributed by atoms with Gasteiger partial charge >= 0.3 is 11.9 Å². The second kappa shape index (κ2) is 17.1. The lowest BCUT2D eigenvalue weighted by Gasteiger charge is -2.26. The number of nitrogens with one attached hydrogen (secondary N) is 2. The number of rotatable bonds is 15. The highest BCUT2D eigenvalue weighted by molar-refractivity contribution is 5.92. The van der Waals surface area contributed by atoms with Crippen molar-refractivity contribution in [3.8, 4) is 34.1 Å². The van der Waals surface area contributed by atoms with Crippen molar-refractivity contribution in [1.82, 2.24) is 0 Å². The highest BCUT2D eigenvalue weighted by atomic mass is 16.7. The molecule has 302 valence electrons. The summed E-state index contributed by atoms with van der Waals surface area (Å²) < 4.78 is 23.5. The average molecular weight is 773 g/mol. The molecule has 0 atom stereocenters. The number of hydrogen-bond acceptors (Lipinski definition) is 10. The third-order valence-corrected chi connectivity index (χ3v) is 9.92. The van der Waals surface area contributed by atoms with E-state index in [0.717, 1.165) is 22.3 Å². The van der Waals surface area contributed by atoms with Crippen LogP contribution in [0, 0.1) is 27.7 Å². The third-order valence-electron chi connectivity index (χ3n) is 9.92. The topological polar surface area (TPSA) is 176 Å². The summed E-state index contributed by atoms with van der Waals surface area (Å²) in [6.07, 6.45) is 0. The summed E-state index contributed by atoms with van der Waals surface area (Å²) in [6.45, 7) is 19.3. The van der Waals surface area contributed by atoms with E-state index in [1.165, 1.54) is 38.5 Å². The third kappa shape index (κ3) is 9.31. The van der Waals surface area contributed by atoms with Crippen molar-refractivity contribution in [2.24, 2.45) is 0 Å². The number of carboxylic acids is 2. The predicted molar refractivity (Wildman–Crippen MR) is 218 cm³/mol. The summed E-state index contributed by atoms with van der Waals surface area (Å²) in [7, 11) is 3.04. The Morgan fingerprint density at radius 2 is 0.929 bits per heavy atom. The van der Waals surface area contributed by atoms with E-state index in [2.05, 4.69) is 10.6 Å². The lowest BCUT2D eigenvalue weighted by atomic mass is 9.84. The quantitative estimate of drug-likeness (QED) is 0.0633. The number of phenols is 2. The molecule has 56 heavy (non-hydrogen) atoms. The summed E-state index contributed by atoms with van der Waals surface area (Å²) in [6, 6.07) is 9.79. The number of methoxy groups -OCH3 is 2. The Balaban J connectivity index is 1.94. The Labute approximate surface area is 329 Å². The van der Waals surface area contributed by atoms with Gasteiger partial charge in [0.15, 0.2) is 25.1 Å². The van der Waals surface area contributed by atoms with Gasteiger partial charge in [-0.3, -0.25) is 0 Å². The summed E-state index contributed by atoms with van der Waals surface area (Å²) in [5, 5.41) is 49.3. The fraction of sp³-hybridized carbons (Fsp3) is 0.409. The van der Waals surface area contributed by atoms with Gasteiger partial charge in [-0.05, 0) is 97.2 Å². The molecule has 4 aromatic rings. The number of phenolic OH excluding ortho intramolecular Hbond substituents is 2. The first kappa shape index (κ1) is 43.3. The van der Waals surface area contributed by atoms with Crippen molar-refractivity contribution in [2.75, 3.05) is 38.4 Å². The number of anilines is 2. The number of carbonyl (C=O) groups is 2. The second-order valence-electron chi connectivity index (χ2n) is 16.1. The molecule has 4 rings (SSSR count). The number of aryl methyl sites for hydroxylation is 2. The minimum absolute atomic E-state index is 0.00784. The van der Waals surface area contributed by atoms with Crippen molar-refractivity contribution in [2.45, 2.75) is 93.2 Å². The molecular weight excluding hydrogens is 716 g/mol. The van der Waals surface area contributed by atoms with E-state index in [-0.39, 0.29) is 49.3 Å². The van der Waals surface area contributed by atoms with Crippen molar-refractivity contribution in [3.05, 3.63) is 92.0 Å². The van der Waals surface area contributed by atoms with Crippen LogP contribution in [0.1, 0.15) is 107 Å². The van der Waals surface area contributed by atoms with Crippen LogP contribution in [-0.4, -0.2) is 60.2 Å². The van der Waals surface area contributed by atoms with E-state index in [0.29, 0.717) is 56.3 Å². The monoisotopic (exact) mass is 772 g/mol. The zero-order chi connectivity index (χ0) is 41.9. The Hall–Kier alpha value is -5.46. The van der Waals surface area contributed by atoms with E-state index >= 15 is 0 Å². The Morgan fingerprint density at radius 1 is 0.589 bits per heavy atom. The standard InChI is InChI=1S/C44H56N2O10/c1-23-13-33(45-19-29-15-27(41(49)50)17-31(37(29)47)43(5,6)7)39(55-21-53-11)35(25(23)3)36-26(4)24(2)14-34(40(36)56-22-54-12)46-20-30-16-28(42(51)52)18-32(38(30)48)44(8,9)10/h13-18,45-48H,19-22H2,1-12H3,(H,49,50)(H,51,52). The Kier molecular flexibility index (Phi) is 13.2. The first-order valence-electron chi connectivity index (χ1n) is 18.3. The molecule has 12 nitrogen and oxygen atoms in total. The van der Waals surface area contributed by atoms with Crippen LogP contribution in [0.3, 0.4) is 0 Å². The maximum atomic E-state index is 12.1. The van der Waals surface area contributed by atoms with Gasteiger partial charge in [0, 0.05) is 60.7 Å². The molecular formula is C44H56N2O10. The van der Waals surface area contributed by atoms with Crippen LogP contribution in [0.15, 0.2) is 36.4 Å². The lowest BCUT2D eigenvalue weighted by molar-refractivity contribution is 0.0505. The molecule has 0 spiro atoms. The molecule has 0 aliphatic heterocycles. The highest BCUT2D eigenvalue weighted by Crippen LogP contribution is 2.50. The molecule has 0 unspecified atom stereocenters. The van der Waals surface area contributed by atoms with Gasteiger partial charge in [-0.25, -0.2) is 9.59 Å². The molecule has 0 radical (unpaired) electrons. The molecule has 4 aromatic carbocycles. The smallest absolute Gasteiger partial charge is 0.335 e. The average Bonchev–Trinajstić information content (AvgIpc) is 3.11. The summed E-state index contributed by atoms with van der Waals surface area (Å²) in [5.74, 6) is -1.32. The van der Waals surface area contributed by atoms with Crippen molar-refractivity contribution in [3.63, 3.8) is 0 Å². The van der Waals surface area contributed by atoms with E-state index < -0.39 is 22.8 Å².